The van der Waals surface area contributed by atoms with Crippen LogP contribution < -0.4 is 11.1 Å². The number of rotatable bonds is 2. The fourth-order valence-electron chi connectivity index (χ4n) is 1.43. The summed E-state index contributed by atoms with van der Waals surface area (Å²) in [4.78, 5) is 11.8. The Bertz CT molecular complexity index is 561. The first kappa shape index (κ1) is 11.2. The maximum absolute atomic E-state index is 11.8. The topological polar surface area (TPSA) is 81.2 Å². The summed E-state index contributed by atoms with van der Waals surface area (Å²) < 4.78 is 4.88. The van der Waals surface area contributed by atoms with Gasteiger partial charge >= 0.3 is 0 Å². The van der Waals surface area contributed by atoms with Gasteiger partial charge < -0.3 is 15.6 Å². The van der Waals surface area contributed by atoms with Gasteiger partial charge in [-0.1, -0.05) is 11.2 Å². The third kappa shape index (κ3) is 2.44. The van der Waals surface area contributed by atoms with Crippen molar-refractivity contribution in [3.63, 3.8) is 0 Å². The Morgan fingerprint density at radius 1 is 1.35 bits per heavy atom. The molecule has 0 unspecified atom stereocenters. The summed E-state index contributed by atoms with van der Waals surface area (Å²) in [6, 6.07) is 6.91. The number of carbonyl (C=O) groups excluding carboxylic acids is 1. The molecule has 1 heterocycles. The van der Waals surface area contributed by atoms with Gasteiger partial charge in [-0.15, -0.1) is 0 Å². The third-order valence-corrected chi connectivity index (χ3v) is 2.36. The molecule has 3 N–H and O–H groups in total. The second-order valence-electron chi connectivity index (χ2n) is 3.86. The van der Waals surface area contributed by atoms with Crippen molar-refractivity contribution in [3.05, 3.63) is 41.3 Å². The summed E-state index contributed by atoms with van der Waals surface area (Å²) in [5.41, 5.74) is 8.53. The van der Waals surface area contributed by atoms with E-state index in [-0.39, 0.29) is 11.7 Å². The lowest BCUT2D eigenvalue weighted by molar-refractivity contribution is 0.0988. The molecule has 1 aromatic carbocycles. The van der Waals surface area contributed by atoms with Crippen LogP contribution in [0.15, 0.2) is 28.8 Å². The molecule has 5 nitrogen and oxygen atoms in total. The Labute approximate surface area is 98.6 Å². The van der Waals surface area contributed by atoms with Crippen molar-refractivity contribution in [1.29, 1.82) is 0 Å². The van der Waals surface area contributed by atoms with E-state index in [4.69, 9.17) is 10.3 Å². The molecule has 0 aliphatic heterocycles. The van der Waals surface area contributed by atoms with Crippen molar-refractivity contribution in [2.45, 2.75) is 13.8 Å². The van der Waals surface area contributed by atoms with E-state index in [1.54, 1.807) is 25.1 Å². The van der Waals surface area contributed by atoms with Gasteiger partial charge in [0.2, 0.25) is 5.76 Å². The van der Waals surface area contributed by atoms with Gasteiger partial charge in [-0.2, -0.15) is 0 Å². The minimum absolute atomic E-state index is 0.185. The van der Waals surface area contributed by atoms with Gasteiger partial charge in [0.25, 0.3) is 5.91 Å². The Balaban J connectivity index is 2.21. The largest absolute Gasteiger partial charge is 0.399 e. The van der Waals surface area contributed by atoms with Crippen molar-refractivity contribution in [2.75, 3.05) is 11.1 Å². The number of anilines is 2. The smallest absolute Gasteiger partial charge is 0.294 e. The first-order valence-electron chi connectivity index (χ1n) is 5.17. The van der Waals surface area contributed by atoms with Crippen molar-refractivity contribution in [1.82, 2.24) is 5.16 Å². The Morgan fingerprint density at radius 2 is 2.12 bits per heavy atom. The molecule has 1 amide bonds. The van der Waals surface area contributed by atoms with E-state index < -0.39 is 0 Å². The number of nitrogen functional groups attached to an aromatic ring is 1. The minimum atomic E-state index is -0.334. The molecule has 0 fully saturated rings. The zero-order valence-electron chi connectivity index (χ0n) is 9.65. The molecular formula is C12H13N3O2. The lowest BCUT2D eigenvalue weighted by Gasteiger charge is -2.07. The number of hydrogen-bond donors (Lipinski definition) is 2. The van der Waals surface area contributed by atoms with Gasteiger partial charge in [0.1, 0.15) is 0 Å². The van der Waals surface area contributed by atoms with Crippen LogP contribution in [0.25, 0.3) is 0 Å². The summed E-state index contributed by atoms with van der Waals surface area (Å²) in [7, 11) is 0. The molecule has 0 spiro atoms. The van der Waals surface area contributed by atoms with Gasteiger partial charge in [0.05, 0.1) is 5.69 Å². The highest BCUT2D eigenvalue weighted by atomic mass is 16.5. The predicted molar refractivity (Wildman–Crippen MR) is 64.8 cm³/mol. The number of nitrogens with zero attached hydrogens (tertiary/aromatic N) is 1. The SMILES string of the molecule is Cc1cc(C(=O)Nc2cc(N)ccc2C)on1. The van der Waals surface area contributed by atoms with E-state index in [9.17, 15) is 4.79 Å². The molecule has 0 atom stereocenters. The molecule has 0 aliphatic carbocycles. The quantitative estimate of drug-likeness (QED) is 0.776. The Morgan fingerprint density at radius 3 is 2.76 bits per heavy atom. The first-order chi connectivity index (χ1) is 8.06. The van der Waals surface area contributed by atoms with Crippen LogP contribution in [-0.4, -0.2) is 11.1 Å². The fraction of sp³-hybridized carbons (Fsp3) is 0.167. The summed E-state index contributed by atoms with van der Waals surface area (Å²) in [5.74, 6) is -0.149. The monoisotopic (exact) mass is 231 g/mol. The van der Waals surface area contributed by atoms with Crippen LogP contribution in [0.5, 0.6) is 0 Å². The molecule has 5 heteroatoms. The molecule has 17 heavy (non-hydrogen) atoms. The maximum Gasteiger partial charge on any atom is 0.294 e. The zero-order chi connectivity index (χ0) is 12.4. The van der Waals surface area contributed by atoms with Gasteiger partial charge in [0.15, 0.2) is 0 Å². The van der Waals surface area contributed by atoms with E-state index in [1.807, 2.05) is 13.0 Å². The lowest BCUT2D eigenvalue weighted by Crippen LogP contribution is -2.12. The van der Waals surface area contributed by atoms with E-state index >= 15 is 0 Å². The lowest BCUT2D eigenvalue weighted by atomic mass is 10.2. The maximum atomic E-state index is 11.8. The number of aromatic nitrogens is 1. The number of hydrogen-bond acceptors (Lipinski definition) is 4. The van der Waals surface area contributed by atoms with Crippen molar-refractivity contribution < 1.29 is 9.32 Å². The fourth-order valence-corrected chi connectivity index (χ4v) is 1.43. The zero-order valence-corrected chi connectivity index (χ0v) is 9.65. The number of nitrogens with two attached hydrogens (primary N) is 1. The average Bonchev–Trinajstić information content (AvgIpc) is 2.70. The molecule has 1 aromatic heterocycles. The molecule has 0 aliphatic rings. The highest BCUT2D eigenvalue weighted by Crippen LogP contribution is 2.19. The van der Waals surface area contributed by atoms with Crippen LogP contribution in [0.4, 0.5) is 11.4 Å². The van der Waals surface area contributed by atoms with Gasteiger partial charge in [-0.25, -0.2) is 0 Å². The van der Waals surface area contributed by atoms with Crippen LogP contribution in [0.3, 0.4) is 0 Å². The molecule has 2 rings (SSSR count). The van der Waals surface area contributed by atoms with Crippen LogP contribution in [0.1, 0.15) is 21.8 Å². The second-order valence-corrected chi connectivity index (χ2v) is 3.86. The number of nitrogens with one attached hydrogen (secondary N) is 1. The van der Waals surface area contributed by atoms with Crippen molar-refractivity contribution in [2.24, 2.45) is 0 Å². The first-order valence-corrected chi connectivity index (χ1v) is 5.17. The molecule has 88 valence electrons. The van der Waals surface area contributed by atoms with E-state index in [2.05, 4.69) is 10.5 Å². The Kier molecular flexibility index (Phi) is 2.82. The third-order valence-electron chi connectivity index (χ3n) is 2.36. The predicted octanol–water partition coefficient (Wildman–Crippen LogP) is 2.13. The molecule has 0 radical (unpaired) electrons. The van der Waals surface area contributed by atoms with Crippen LogP contribution in [0.2, 0.25) is 0 Å². The van der Waals surface area contributed by atoms with Crippen LogP contribution in [0, 0.1) is 13.8 Å². The van der Waals surface area contributed by atoms with E-state index in [0.29, 0.717) is 17.1 Å². The van der Waals surface area contributed by atoms with Crippen LogP contribution in [-0.2, 0) is 0 Å². The highest BCUT2D eigenvalue weighted by Gasteiger charge is 2.12. The van der Waals surface area contributed by atoms with E-state index in [1.165, 1.54) is 0 Å². The van der Waals surface area contributed by atoms with E-state index in [0.717, 1.165) is 5.56 Å². The van der Waals surface area contributed by atoms with Gasteiger partial charge in [-0.05, 0) is 31.5 Å². The normalized spacial score (nSPS) is 10.2. The molecular weight excluding hydrogens is 218 g/mol. The average molecular weight is 231 g/mol. The number of carbonyl (C=O) groups is 1. The Hall–Kier alpha value is -2.30. The summed E-state index contributed by atoms with van der Waals surface area (Å²) >= 11 is 0. The number of benzene rings is 1. The summed E-state index contributed by atoms with van der Waals surface area (Å²) in [6.45, 7) is 3.65. The molecule has 0 saturated carbocycles. The number of aryl methyl sites for hydroxylation is 2. The minimum Gasteiger partial charge on any atom is -0.399 e. The van der Waals surface area contributed by atoms with Crippen molar-refractivity contribution >= 4 is 17.3 Å². The summed E-state index contributed by atoms with van der Waals surface area (Å²) in [5, 5.41) is 6.39. The number of amides is 1. The van der Waals surface area contributed by atoms with Gasteiger partial charge in [-0.3, -0.25) is 4.79 Å². The highest BCUT2D eigenvalue weighted by molar-refractivity contribution is 6.02. The summed E-state index contributed by atoms with van der Waals surface area (Å²) in [6.07, 6.45) is 0. The van der Waals surface area contributed by atoms with Gasteiger partial charge in [0, 0.05) is 17.4 Å². The standard InChI is InChI=1S/C12H13N3O2/c1-7-3-4-9(13)6-10(7)14-12(16)11-5-8(2)15-17-11/h3-6H,13H2,1-2H3,(H,14,16). The molecule has 2 aromatic rings. The molecule has 0 saturated heterocycles. The second kappa shape index (κ2) is 4.29. The van der Waals surface area contributed by atoms with Crippen LogP contribution >= 0.6 is 0 Å². The molecule has 0 bridgehead atoms. The van der Waals surface area contributed by atoms with Crippen molar-refractivity contribution in [3.8, 4) is 0 Å².